The van der Waals surface area contributed by atoms with Gasteiger partial charge in [0.25, 0.3) is 0 Å². The number of thioether (sulfide) groups is 1. The van der Waals surface area contributed by atoms with Crippen molar-refractivity contribution in [2.75, 3.05) is 12.4 Å². The number of thiophene rings is 1. The number of rotatable bonds is 7. The molecule has 0 saturated heterocycles. The number of ether oxygens (including phenoxy) is 2. The van der Waals surface area contributed by atoms with Crippen molar-refractivity contribution in [1.29, 1.82) is 0 Å². The standard InChI is InChI=1S/C20H21N3O3S2/c1-3-25-16-7-13-6-12(2)26-17(13)8-14(16)9-21-18(24)10-28-20-15-4-5-27-19(15)22-11-23-20/h4-5,7-8,11-12H,3,6,9-10H2,1-2H3,(H,21,24)/t12-/m1/s1. The van der Waals surface area contributed by atoms with Crippen LogP contribution in [0, 0.1) is 0 Å². The molecule has 0 bridgehead atoms. The lowest BCUT2D eigenvalue weighted by Crippen LogP contribution is -2.25. The molecular weight excluding hydrogens is 394 g/mol. The lowest BCUT2D eigenvalue weighted by atomic mass is 10.1. The molecule has 1 aliphatic heterocycles. The normalized spacial score (nSPS) is 15.3. The Labute approximate surface area is 171 Å². The first-order valence-corrected chi connectivity index (χ1v) is 11.0. The number of fused-ring (bicyclic) bond motifs is 2. The van der Waals surface area contributed by atoms with Crippen LogP contribution in [0.5, 0.6) is 11.5 Å². The maximum absolute atomic E-state index is 12.4. The van der Waals surface area contributed by atoms with Crippen molar-refractivity contribution in [1.82, 2.24) is 15.3 Å². The Hall–Kier alpha value is -2.32. The van der Waals surface area contributed by atoms with Gasteiger partial charge >= 0.3 is 0 Å². The first kappa shape index (κ1) is 19.0. The largest absolute Gasteiger partial charge is 0.494 e. The number of benzene rings is 1. The fraction of sp³-hybridized carbons (Fsp3) is 0.350. The van der Waals surface area contributed by atoms with Crippen molar-refractivity contribution in [2.45, 2.75) is 37.9 Å². The van der Waals surface area contributed by atoms with Crippen LogP contribution in [0.3, 0.4) is 0 Å². The minimum absolute atomic E-state index is 0.0516. The predicted octanol–water partition coefficient (Wildman–Crippen LogP) is 3.82. The number of hydrogen-bond acceptors (Lipinski definition) is 7. The summed E-state index contributed by atoms with van der Waals surface area (Å²) in [4.78, 5) is 21.8. The molecule has 0 radical (unpaired) electrons. The molecule has 0 fully saturated rings. The molecule has 2 aromatic heterocycles. The minimum Gasteiger partial charge on any atom is -0.494 e. The summed E-state index contributed by atoms with van der Waals surface area (Å²) in [5, 5.41) is 6.78. The minimum atomic E-state index is -0.0516. The summed E-state index contributed by atoms with van der Waals surface area (Å²) in [6.45, 7) is 4.99. The van der Waals surface area contributed by atoms with Gasteiger partial charge in [0.15, 0.2) is 0 Å². The van der Waals surface area contributed by atoms with Gasteiger partial charge in [-0.3, -0.25) is 4.79 Å². The molecule has 1 N–H and O–H groups in total. The summed E-state index contributed by atoms with van der Waals surface area (Å²) in [5.74, 6) is 1.94. The average molecular weight is 416 g/mol. The molecule has 3 aromatic rings. The van der Waals surface area contributed by atoms with Gasteiger partial charge in [0.1, 0.15) is 33.8 Å². The van der Waals surface area contributed by atoms with Gasteiger partial charge in [0, 0.05) is 29.5 Å². The lowest BCUT2D eigenvalue weighted by Gasteiger charge is -2.13. The average Bonchev–Trinajstić information content (AvgIpc) is 3.30. The van der Waals surface area contributed by atoms with E-state index >= 15 is 0 Å². The van der Waals surface area contributed by atoms with Crippen molar-refractivity contribution in [3.8, 4) is 11.5 Å². The van der Waals surface area contributed by atoms with Crippen LogP contribution in [0.1, 0.15) is 25.0 Å². The van der Waals surface area contributed by atoms with E-state index in [4.69, 9.17) is 9.47 Å². The monoisotopic (exact) mass is 415 g/mol. The fourth-order valence-corrected chi connectivity index (χ4v) is 4.78. The third kappa shape index (κ3) is 4.07. The zero-order valence-corrected chi connectivity index (χ0v) is 17.4. The Kier molecular flexibility index (Phi) is 5.68. The molecule has 1 aliphatic rings. The van der Waals surface area contributed by atoms with E-state index in [1.165, 1.54) is 11.8 Å². The van der Waals surface area contributed by atoms with Crippen LogP contribution in [-0.2, 0) is 17.8 Å². The summed E-state index contributed by atoms with van der Waals surface area (Å²) in [6, 6.07) is 6.00. The van der Waals surface area contributed by atoms with Crippen molar-refractivity contribution >= 4 is 39.2 Å². The van der Waals surface area contributed by atoms with Gasteiger partial charge in [0.05, 0.1) is 12.4 Å². The van der Waals surface area contributed by atoms with E-state index in [2.05, 4.69) is 22.2 Å². The number of nitrogens with one attached hydrogen (secondary N) is 1. The molecule has 1 aromatic carbocycles. The van der Waals surface area contributed by atoms with Gasteiger partial charge in [-0.05, 0) is 37.4 Å². The number of amides is 1. The van der Waals surface area contributed by atoms with Crippen molar-refractivity contribution in [3.05, 3.63) is 41.0 Å². The fourth-order valence-electron chi connectivity index (χ4n) is 3.17. The molecule has 1 atom stereocenters. The Bertz CT molecular complexity index is 1010. The van der Waals surface area contributed by atoms with Crippen molar-refractivity contribution in [2.24, 2.45) is 0 Å². The van der Waals surface area contributed by atoms with E-state index in [0.29, 0.717) is 18.9 Å². The van der Waals surface area contributed by atoms with E-state index in [9.17, 15) is 4.79 Å². The Morgan fingerprint density at radius 3 is 3.18 bits per heavy atom. The van der Waals surface area contributed by atoms with Gasteiger partial charge < -0.3 is 14.8 Å². The first-order valence-electron chi connectivity index (χ1n) is 9.17. The van der Waals surface area contributed by atoms with Crippen LogP contribution < -0.4 is 14.8 Å². The van der Waals surface area contributed by atoms with Crippen LogP contribution in [0.25, 0.3) is 10.2 Å². The van der Waals surface area contributed by atoms with Crippen LogP contribution >= 0.6 is 23.1 Å². The van der Waals surface area contributed by atoms with Gasteiger partial charge in [-0.25, -0.2) is 9.97 Å². The predicted molar refractivity (Wildman–Crippen MR) is 111 cm³/mol. The molecule has 0 unspecified atom stereocenters. The van der Waals surface area contributed by atoms with Crippen LogP contribution in [-0.4, -0.2) is 34.3 Å². The van der Waals surface area contributed by atoms with E-state index in [1.807, 2.05) is 30.5 Å². The van der Waals surface area contributed by atoms with E-state index in [-0.39, 0.29) is 12.0 Å². The van der Waals surface area contributed by atoms with E-state index in [0.717, 1.165) is 44.3 Å². The Morgan fingerprint density at radius 1 is 1.43 bits per heavy atom. The summed E-state index contributed by atoms with van der Waals surface area (Å²) in [6.07, 6.45) is 2.60. The van der Waals surface area contributed by atoms with Crippen LogP contribution in [0.15, 0.2) is 34.9 Å². The molecule has 8 heteroatoms. The Balaban J connectivity index is 1.39. The molecule has 0 spiro atoms. The highest BCUT2D eigenvalue weighted by Crippen LogP contribution is 2.35. The quantitative estimate of drug-likeness (QED) is 0.467. The van der Waals surface area contributed by atoms with Gasteiger partial charge in [-0.2, -0.15) is 0 Å². The lowest BCUT2D eigenvalue weighted by molar-refractivity contribution is -0.118. The van der Waals surface area contributed by atoms with Gasteiger partial charge in [-0.15, -0.1) is 11.3 Å². The molecular formula is C20H21N3O3S2. The molecule has 4 rings (SSSR count). The summed E-state index contributed by atoms with van der Waals surface area (Å²) in [7, 11) is 0. The molecule has 3 heterocycles. The third-order valence-corrected chi connectivity index (χ3v) is 6.25. The SMILES string of the molecule is CCOc1cc2c(cc1CNC(=O)CSc1ncnc3sccc13)O[C@H](C)C2. The Morgan fingerprint density at radius 2 is 2.32 bits per heavy atom. The van der Waals surface area contributed by atoms with E-state index in [1.54, 1.807) is 17.7 Å². The van der Waals surface area contributed by atoms with Gasteiger partial charge in [0.2, 0.25) is 5.91 Å². The zero-order chi connectivity index (χ0) is 19.5. The van der Waals surface area contributed by atoms with Crippen LogP contribution in [0.2, 0.25) is 0 Å². The second-order valence-electron chi connectivity index (χ2n) is 6.52. The second-order valence-corrected chi connectivity index (χ2v) is 8.38. The maximum Gasteiger partial charge on any atom is 0.230 e. The highest BCUT2D eigenvalue weighted by Gasteiger charge is 2.22. The zero-order valence-electron chi connectivity index (χ0n) is 15.7. The summed E-state index contributed by atoms with van der Waals surface area (Å²) >= 11 is 2.99. The van der Waals surface area contributed by atoms with Crippen molar-refractivity contribution < 1.29 is 14.3 Å². The summed E-state index contributed by atoms with van der Waals surface area (Å²) in [5.41, 5.74) is 2.08. The van der Waals surface area contributed by atoms with Crippen molar-refractivity contribution in [3.63, 3.8) is 0 Å². The molecule has 28 heavy (non-hydrogen) atoms. The van der Waals surface area contributed by atoms with E-state index < -0.39 is 0 Å². The van der Waals surface area contributed by atoms with Gasteiger partial charge in [-0.1, -0.05) is 11.8 Å². The first-order chi connectivity index (χ1) is 13.6. The number of aromatic nitrogens is 2. The molecule has 6 nitrogen and oxygen atoms in total. The smallest absolute Gasteiger partial charge is 0.230 e. The highest BCUT2D eigenvalue weighted by molar-refractivity contribution is 8.00. The summed E-state index contributed by atoms with van der Waals surface area (Å²) < 4.78 is 11.6. The maximum atomic E-state index is 12.4. The second kappa shape index (κ2) is 8.36. The highest BCUT2D eigenvalue weighted by atomic mass is 32.2. The third-order valence-electron chi connectivity index (χ3n) is 4.42. The topological polar surface area (TPSA) is 73.3 Å². The number of carbonyl (C=O) groups excluding carboxylic acids is 1. The molecule has 0 aliphatic carbocycles. The van der Waals surface area contributed by atoms with Crippen LogP contribution in [0.4, 0.5) is 0 Å². The number of carbonyl (C=O) groups is 1. The molecule has 0 saturated carbocycles. The molecule has 1 amide bonds. The molecule has 146 valence electrons. The number of hydrogen-bond donors (Lipinski definition) is 1. The number of nitrogens with zero attached hydrogens (tertiary/aromatic N) is 2.